The summed E-state index contributed by atoms with van der Waals surface area (Å²) in [5.41, 5.74) is -0.772. The van der Waals surface area contributed by atoms with Crippen molar-refractivity contribution in [2.24, 2.45) is 0 Å². The van der Waals surface area contributed by atoms with Crippen LogP contribution in [0, 0.1) is 0 Å². The van der Waals surface area contributed by atoms with E-state index in [-0.39, 0.29) is 12.5 Å². The third kappa shape index (κ3) is 4.37. The highest BCUT2D eigenvalue weighted by Gasteiger charge is 2.40. The summed E-state index contributed by atoms with van der Waals surface area (Å²) in [6.45, 7) is 2.34. The zero-order chi connectivity index (χ0) is 17.0. The molecule has 2 amide bonds. The van der Waals surface area contributed by atoms with Gasteiger partial charge in [0.15, 0.2) is 5.60 Å². The van der Waals surface area contributed by atoms with Crippen LogP contribution in [0.15, 0.2) is 18.2 Å². The number of benzene rings is 1. The van der Waals surface area contributed by atoms with Crippen LogP contribution in [0.4, 0.5) is 0 Å². The summed E-state index contributed by atoms with van der Waals surface area (Å²) in [5.74, 6) is -0.606. The number of halogens is 2. The smallest absolute Gasteiger partial charge is 0.253 e. The van der Waals surface area contributed by atoms with E-state index in [9.17, 15) is 14.7 Å². The van der Waals surface area contributed by atoms with Gasteiger partial charge in [-0.1, -0.05) is 29.3 Å². The predicted molar refractivity (Wildman–Crippen MR) is 89.6 cm³/mol. The van der Waals surface area contributed by atoms with Crippen LogP contribution in [-0.2, 0) is 16.0 Å². The molecular formula is C16H20Cl2N2O3. The minimum Gasteiger partial charge on any atom is -0.378 e. The third-order valence-corrected chi connectivity index (χ3v) is 4.77. The number of aliphatic hydroxyl groups is 1. The van der Waals surface area contributed by atoms with Crippen LogP contribution >= 0.6 is 23.2 Å². The Bertz CT molecular complexity index is 589. The van der Waals surface area contributed by atoms with Gasteiger partial charge in [-0.15, -0.1) is 0 Å². The number of amides is 2. The number of carbonyl (C=O) groups excluding carboxylic acids is 2. The zero-order valence-electron chi connectivity index (χ0n) is 12.9. The zero-order valence-corrected chi connectivity index (χ0v) is 14.5. The lowest BCUT2D eigenvalue weighted by Gasteiger charge is -2.37. The minimum atomic E-state index is -1.53. The Labute approximate surface area is 145 Å². The molecule has 1 atom stereocenters. The lowest BCUT2D eigenvalue weighted by Crippen LogP contribution is -2.58. The monoisotopic (exact) mass is 358 g/mol. The van der Waals surface area contributed by atoms with Crippen molar-refractivity contribution in [3.63, 3.8) is 0 Å². The van der Waals surface area contributed by atoms with E-state index in [2.05, 4.69) is 5.32 Å². The highest BCUT2D eigenvalue weighted by Crippen LogP contribution is 2.25. The Kier molecular flexibility index (Phi) is 5.89. The molecule has 1 aromatic carbocycles. The Balaban J connectivity index is 1.93. The van der Waals surface area contributed by atoms with Gasteiger partial charge in [-0.05, 0) is 37.0 Å². The van der Waals surface area contributed by atoms with Crippen molar-refractivity contribution in [3.05, 3.63) is 33.8 Å². The number of rotatable bonds is 4. The van der Waals surface area contributed by atoms with Crippen LogP contribution in [0.2, 0.25) is 10.0 Å². The molecule has 2 N–H and O–H groups in total. The van der Waals surface area contributed by atoms with Crippen LogP contribution in [0.1, 0.15) is 25.3 Å². The van der Waals surface area contributed by atoms with Crippen molar-refractivity contribution < 1.29 is 14.7 Å². The van der Waals surface area contributed by atoms with Gasteiger partial charge in [0.2, 0.25) is 5.91 Å². The fourth-order valence-corrected chi connectivity index (χ4v) is 3.31. The predicted octanol–water partition coefficient (Wildman–Crippen LogP) is 2.03. The summed E-state index contributed by atoms with van der Waals surface area (Å²) in [7, 11) is 0. The Morgan fingerprint density at radius 3 is 2.61 bits per heavy atom. The summed E-state index contributed by atoms with van der Waals surface area (Å²) < 4.78 is 0. The van der Waals surface area contributed by atoms with Crippen molar-refractivity contribution in [2.45, 2.75) is 31.8 Å². The van der Waals surface area contributed by atoms with E-state index in [4.69, 9.17) is 23.2 Å². The Hall–Kier alpha value is -1.30. The molecule has 1 saturated heterocycles. The average Bonchev–Trinajstić information content (AvgIpc) is 2.50. The second kappa shape index (κ2) is 7.51. The molecule has 1 heterocycles. The van der Waals surface area contributed by atoms with Gasteiger partial charge < -0.3 is 15.3 Å². The number of β-amino-alcohol motifs (C(OH)–C–C–N with tert-alkyl or cyclic N) is 1. The van der Waals surface area contributed by atoms with E-state index < -0.39 is 11.5 Å². The van der Waals surface area contributed by atoms with Gasteiger partial charge in [-0.25, -0.2) is 0 Å². The number of piperidine rings is 1. The van der Waals surface area contributed by atoms with Crippen molar-refractivity contribution in [3.8, 4) is 0 Å². The van der Waals surface area contributed by atoms with E-state index in [0.717, 1.165) is 5.56 Å². The number of nitrogens with zero attached hydrogens (tertiary/aromatic N) is 1. The summed E-state index contributed by atoms with van der Waals surface area (Å²) >= 11 is 12.2. The summed E-state index contributed by atoms with van der Waals surface area (Å²) in [5, 5.41) is 14.3. The maximum Gasteiger partial charge on any atom is 0.253 e. The van der Waals surface area contributed by atoms with E-state index in [0.29, 0.717) is 42.4 Å². The van der Waals surface area contributed by atoms with Crippen molar-refractivity contribution in [1.82, 2.24) is 10.2 Å². The van der Waals surface area contributed by atoms with Crippen LogP contribution in [0.3, 0.4) is 0 Å². The molecule has 126 valence electrons. The van der Waals surface area contributed by atoms with Crippen molar-refractivity contribution >= 4 is 35.0 Å². The number of hydrogen-bond acceptors (Lipinski definition) is 3. The maximum atomic E-state index is 12.3. The fourth-order valence-electron chi connectivity index (χ4n) is 2.73. The summed E-state index contributed by atoms with van der Waals surface area (Å²) in [4.78, 5) is 25.2. The van der Waals surface area contributed by atoms with Gasteiger partial charge in [-0.2, -0.15) is 0 Å². The highest BCUT2D eigenvalue weighted by molar-refractivity contribution is 6.36. The highest BCUT2D eigenvalue weighted by atomic mass is 35.5. The van der Waals surface area contributed by atoms with Crippen LogP contribution in [0.5, 0.6) is 0 Å². The van der Waals surface area contributed by atoms with E-state index in [1.54, 1.807) is 18.2 Å². The lowest BCUT2D eigenvalue weighted by atomic mass is 9.91. The Morgan fingerprint density at radius 2 is 2.00 bits per heavy atom. The summed E-state index contributed by atoms with van der Waals surface area (Å²) in [6.07, 6.45) is 1.41. The molecule has 1 aliphatic heterocycles. The average molecular weight is 359 g/mol. The lowest BCUT2D eigenvalue weighted by molar-refractivity contribution is -0.150. The molecule has 0 unspecified atom stereocenters. The second-order valence-corrected chi connectivity index (χ2v) is 6.60. The molecule has 7 heteroatoms. The molecule has 1 aromatic rings. The van der Waals surface area contributed by atoms with E-state index in [1.807, 2.05) is 0 Å². The van der Waals surface area contributed by atoms with Crippen LogP contribution in [0.25, 0.3) is 0 Å². The first-order chi connectivity index (χ1) is 10.8. The molecule has 0 bridgehead atoms. The first-order valence-electron chi connectivity index (χ1n) is 7.52. The standard InChI is InChI=1S/C16H20Cl2N2O3/c1-11(21)20-9-3-7-16(23,10-20)15(22)19-8-6-12-13(17)4-2-5-14(12)18/h2,4-5,23H,3,6-10H2,1H3,(H,19,22)/t16-/m0/s1. The number of hydrogen-bond donors (Lipinski definition) is 2. The van der Waals surface area contributed by atoms with Gasteiger partial charge >= 0.3 is 0 Å². The van der Waals surface area contributed by atoms with E-state index in [1.165, 1.54) is 11.8 Å². The molecule has 23 heavy (non-hydrogen) atoms. The first kappa shape index (κ1) is 18.0. The normalized spacial score (nSPS) is 21.1. The first-order valence-corrected chi connectivity index (χ1v) is 8.28. The molecular weight excluding hydrogens is 339 g/mol. The topological polar surface area (TPSA) is 69.6 Å². The molecule has 5 nitrogen and oxygen atoms in total. The number of likely N-dealkylation sites (tertiary alicyclic amines) is 1. The molecule has 0 radical (unpaired) electrons. The molecule has 2 rings (SSSR count). The Morgan fingerprint density at radius 1 is 1.35 bits per heavy atom. The van der Waals surface area contributed by atoms with Crippen LogP contribution in [-0.4, -0.2) is 47.1 Å². The van der Waals surface area contributed by atoms with Gasteiger partial charge in [0, 0.05) is 30.1 Å². The second-order valence-electron chi connectivity index (χ2n) is 5.78. The maximum absolute atomic E-state index is 12.3. The van der Waals surface area contributed by atoms with Gasteiger partial charge in [0.1, 0.15) is 0 Å². The number of carbonyl (C=O) groups is 2. The molecule has 0 aliphatic carbocycles. The molecule has 1 aliphatic rings. The molecule has 0 aromatic heterocycles. The van der Waals surface area contributed by atoms with Crippen LogP contribution < -0.4 is 5.32 Å². The fraction of sp³-hybridized carbons (Fsp3) is 0.500. The van der Waals surface area contributed by atoms with Crippen molar-refractivity contribution in [2.75, 3.05) is 19.6 Å². The minimum absolute atomic E-state index is 0.0288. The third-order valence-electron chi connectivity index (χ3n) is 4.06. The van der Waals surface area contributed by atoms with Gasteiger partial charge in [0.25, 0.3) is 5.91 Å². The molecule has 1 fully saturated rings. The largest absolute Gasteiger partial charge is 0.378 e. The SMILES string of the molecule is CC(=O)N1CCC[C@@](O)(C(=O)NCCc2c(Cl)cccc2Cl)C1. The number of nitrogens with one attached hydrogen (secondary N) is 1. The van der Waals surface area contributed by atoms with Crippen molar-refractivity contribution in [1.29, 1.82) is 0 Å². The quantitative estimate of drug-likeness (QED) is 0.864. The van der Waals surface area contributed by atoms with Gasteiger partial charge in [0.05, 0.1) is 6.54 Å². The summed E-state index contributed by atoms with van der Waals surface area (Å²) in [6, 6.07) is 5.24. The van der Waals surface area contributed by atoms with Gasteiger partial charge in [-0.3, -0.25) is 9.59 Å². The molecule has 0 saturated carbocycles. The molecule has 0 spiro atoms. The van der Waals surface area contributed by atoms with E-state index >= 15 is 0 Å².